The van der Waals surface area contributed by atoms with Crippen LogP contribution in [0.1, 0.15) is 20.7 Å². The summed E-state index contributed by atoms with van der Waals surface area (Å²) in [4.78, 5) is 28.3. The number of primary amides is 1. The van der Waals surface area contributed by atoms with Gasteiger partial charge < -0.3 is 5.73 Å². The van der Waals surface area contributed by atoms with Gasteiger partial charge in [-0.25, -0.2) is 4.98 Å². The number of benzene rings is 2. The Morgan fingerprint density at radius 3 is 2.57 bits per heavy atom. The highest BCUT2D eigenvalue weighted by atomic mass is 35.5. The second-order valence-corrected chi connectivity index (χ2v) is 6.40. The van der Waals surface area contributed by atoms with Gasteiger partial charge in [-0.15, -0.1) is 0 Å². The average Bonchev–Trinajstić information content (AvgIpc) is 2.91. The van der Waals surface area contributed by atoms with E-state index in [0.717, 1.165) is 10.2 Å². The van der Waals surface area contributed by atoms with Crippen molar-refractivity contribution in [3.8, 4) is 0 Å². The van der Waals surface area contributed by atoms with E-state index >= 15 is 0 Å². The minimum absolute atomic E-state index is 0.00184. The number of para-hydroxylation sites is 1. The molecule has 0 atom stereocenters. The number of anilines is 1. The molecule has 2 amide bonds. The van der Waals surface area contributed by atoms with E-state index in [0.29, 0.717) is 5.13 Å². The predicted octanol–water partition coefficient (Wildman–Crippen LogP) is 3.95. The summed E-state index contributed by atoms with van der Waals surface area (Å²) < 4.78 is 0.926. The maximum absolute atomic E-state index is 12.5. The van der Waals surface area contributed by atoms with Gasteiger partial charge in [-0.1, -0.05) is 46.7 Å². The molecule has 0 saturated carbocycles. The monoisotopic (exact) mass is 365 g/mol. The lowest BCUT2D eigenvalue weighted by molar-refractivity contribution is 0.0977. The van der Waals surface area contributed by atoms with Crippen LogP contribution in [-0.4, -0.2) is 16.8 Å². The summed E-state index contributed by atoms with van der Waals surface area (Å²) in [5.41, 5.74) is 5.99. The van der Waals surface area contributed by atoms with E-state index in [2.05, 4.69) is 10.3 Å². The molecule has 1 aromatic heterocycles. The number of carbonyl (C=O) groups is 2. The Kier molecular flexibility index (Phi) is 4.21. The number of fused-ring (bicyclic) bond motifs is 1. The van der Waals surface area contributed by atoms with Gasteiger partial charge in [-0.3, -0.25) is 14.9 Å². The number of carbonyl (C=O) groups excluding carboxylic acids is 2. The lowest BCUT2D eigenvalue weighted by atomic mass is 10.1. The molecule has 0 aliphatic carbocycles. The van der Waals surface area contributed by atoms with Gasteiger partial charge in [0.25, 0.3) is 5.91 Å². The quantitative estimate of drug-likeness (QED) is 0.736. The Morgan fingerprint density at radius 1 is 1.13 bits per heavy atom. The summed E-state index contributed by atoms with van der Waals surface area (Å²) in [5.74, 6) is -1.36. The predicted molar refractivity (Wildman–Crippen MR) is 92.6 cm³/mol. The van der Waals surface area contributed by atoms with Gasteiger partial charge in [0.2, 0.25) is 5.91 Å². The number of halogens is 2. The van der Waals surface area contributed by atoms with Gasteiger partial charge in [-0.05, 0) is 24.3 Å². The Hall–Kier alpha value is -2.15. The Bertz CT molecular complexity index is 907. The third-order valence-electron chi connectivity index (χ3n) is 3.10. The summed E-state index contributed by atoms with van der Waals surface area (Å²) in [6, 6.07) is 10.2. The van der Waals surface area contributed by atoms with Gasteiger partial charge >= 0.3 is 0 Å². The SMILES string of the molecule is NC(=O)c1ccc(Cl)c(Cl)c1C(=O)Nc1nc2ccccc2s1. The second-order valence-electron chi connectivity index (χ2n) is 4.59. The van der Waals surface area contributed by atoms with E-state index in [4.69, 9.17) is 28.9 Å². The van der Waals surface area contributed by atoms with E-state index in [9.17, 15) is 9.59 Å². The molecular formula is C15H9Cl2N3O2S. The van der Waals surface area contributed by atoms with Crippen LogP contribution in [0.3, 0.4) is 0 Å². The number of rotatable bonds is 3. The fourth-order valence-electron chi connectivity index (χ4n) is 2.06. The molecule has 0 spiro atoms. The van der Waals surface area contributed by atoms with Crippen molar-refractivity contribution < 1.29 is 9.59 Å². The van der Waals surface area contributed by atoms with Gasteiger partial charge in [-0.2, -0.15) is 0 Å². The molecule has 23 heavy (non-hydrogen) atoms. The third kappa shape index (κ3) is 3.01. The smallest absolute Gasteiger partial charge is 0.259 e. The first-order valence-electron chi connectivity index (χ1n) is 6.42. The van der Waals surface area contributed by atoms with Gasteiger partial charge in [0.1, 0.15) is 0 Å². The summed E-state index contributed by atoms with van der Waals surface area (Å²) in [6.45, 7) is 0. The van der Waals surface area contributed by atoms with Crippen LogP contribution in [0.15, 0.2) is 36.4 Å². The van der Waals surface area contributed by atoms with Crippen molar-refractivity contribution in [3.05, 3.63) is 57.6 Å². The number of aromatic nitrogens is 1. The lowest BCUT2D eigenvalue weighted by Gasteiger charge is -2.09. The first kappa shape index (κ1) is 15.7. The average molecular weight is 366 g/mol. The molecule has 2 aromatic carbocycles. The van der Waals surface area contributed by atoms with Crippen LogP contribution in [0.4, 0.5) is 5.13 Å². The zero-order valence-corrected chi connectivity index (χ0v) is 13.8. The number of nitrogens with zero attached hydrogens (tertiary/aromatic N) is 1. The van der Waals surface area contributed by atoms with E-state index in [1.165, 1.54) is 23.5 Å². The topological polar surface area (TPSA) is 85.1 Å². The highest BCUT2D eigenvalue weighted by Gasteiger charge is 2.22. The normalized spacial score (nSPS) is 10.7. The number of nitrogens with one attached hydrogen (secondary N) is 1. The Balaban J connectivity index is 2.00. The summed E-state index contributed by atoms with van der Waals surface area (Å²) in [6.07, 6.45) is 0. The lowest BCUT2D eigenvalue weighted by Crippen LogP contribution is -2.21. The minimum atomic E-state index is -0.766. The van der Waals surface area contributed by atoms with Crippen LogP contribution in [0.25, 0.3) is 10.2 Å². The maximum Gasteiger partial charge on any atom is 0.259 e. The summed E-state index contributed by atoms with van der Waals surface area (Å²) in [5, 5.41) is 3.15. The van der Waals surface area contributed by atoms with Crippen molar-refractivity contribution in [2.75, 3.05) is 5.32 Å². The fraction of sp³-hybridized carbons (Fsp3) is 0. The van der Waals surface area contributed by atoms with Crippen LogP contribution < -0.4 is 11.1 Å². The van der Waals surface area contributed by atoms with Crippen molar-refractivity contribution >= 4 is 61.7 Å². The van der Waals surface area contributed by atoms with Crippen molar-refractivity contribution in [2.24, 2.45) is 5.73 Å². The standard InChI is InChI=1S/C15H9Cl2N3O2S/c16-8-6-5-7(13(18)21)11(12(8)17)14(22)20-15-19-9-3-1-2-4-10(9)23-15/h1-6H,(H2,18,21)(H,19,20,22). The Morgan fingerprint density at radius 2 is 1.87 bits per heavy atom. The van der Waals surface area contributed by atoms with E-state index in [1.54, 1.807) is 0 Å². The highest BCUT2D eigenvalue weighted by molar-refractivity contribution is 7.22. The molecule has 0 fully saturated rings. The highest BCUT2D eigenvalue weighted by Crippen LogP contribution is 2.31. The summed E-state index contributed by atoms with van der Waals surface area (Å²) >= 11 is 13.3. The van der Waals surface area contributed by atoms with Crippen molar-refractivity contribution in [1.82, 2.24) is 4.98 Å². The third-order valence-corrected chi connectivity index (χ3v) is 4.86. The fourth-order valence-corrected chi connectivity index (χ4v) is 3.33. The van der Waals surface area contributed by atoms with Gasteiger partial charge in [0.15, 0.2) is 5.13 Å². The number of hydrogen-bond acceptors (Lipinski definition) is 4. The largest absolute Gasteiger partial charge is 0.366 e. The first-order valence-corrected chi connectivity index (χ1v) is 7.99. The molecule has 116 valence electrons. The first-order chi connectivity index (χ1) is 11.0. The second kappa shape index (κ2) is 6.16. The van der Waals surface area contributed by atoms with Crippen LogP contribution in [0, 0.1) is 0 Å². The maximum atomic E-state index is 12.5. The van der Waals surface area contributed by atoms with Crippen molar-refractivity contribution in [2.45, 2.75) is 0 Å². The molecule has 8 heteroatoms. The molecule has 1 heterocycles. The van der Waals surface area contributed by atoms with E-state index in [1.807, 2.05) is 24.3 Å². The van der Waals surface area contributed by atoms with Crippen molar-refractivity contribution in [3.63, 3.8) is 0 Å². The number of hydrogen-bond donors (Lipinski definition) is 2. The zero-order valence-electron chi connectivity index (χ0n) is 11.5. The Labute approximate surface area is 145 Å². The van der Waals surface area contributed by atoms with Crippen LogP contribution in [-0.2, 0) is 0 Å². The van der Waals surface area contributed by atoms with Crippen LogP contribution in [0.2, 0.25) is 10.0 Å². The molecule has 0 aliphatic rings. The van der Waals surface area contributed by atoms with E-state index < -0.39 is 11.8 Å². The number of amides is 2. The van der Waals surface area contributed by atoms with Crippen LogP contribution in [0.5, 0.6) is 0 Å². The molecule has 0 saturated heterocycles. The molecule has 3 N–H and O–H groups in total. The van der Waals surface area contributed by atoms with Gasteiger partial charge in [0.05, 0.1) is 31.4 Å². The molecule has 3 aromatic rings. The van der Waals surface area contributed by atoms with E-state index in [-0.39, 0.29) is 21.2 Å². The minimum Gasteiger partial charge on any atom is -0.366 e. The molecule has 3 rings (SSSR count). The number of nitrogens with two attached hydrogens (primary N) is 1. The molecular weight excluding hydrogens is 357 g/mol. The molecule has 0 bridgehead atoms. The number of thiazole rings is 1. The summed E-state index contributed by atoms with van der Waals surface area (Å²) in [7, 11) is 0. The molecule has 5 nitrogen and oxygen atoms in total. The van der Waals surface area contributed by atoms with Gasteiger partial charge in [0, 0.05) is 0 Å². The molecule has 0 unspecified atom stereocenters. The van der Waals surface area contributed by atoms with Crippen LogP contribution >= 0.6 is 34.5 Å². The molecule has 0 aliphatic heterocycles. The van der Waals surface area contributed by atoms with Crippen molar-refractivity contribution in [1.29, 1.82) is 0 Å². The zero-order chi connectivity index (χ0) is 16.6. The molecule has 0 radical (unpaired) electrons.